The Morgan fingerprint density at radius 2 is 1.96 bits per heavy atom. The van der Waals surface area contributed by atoms with Crippen LogP contribution >= 0.6 is 15.9 Å². The van der Waals surface area contributed by atoms with E-state index in [1.807, 2.05) is 19.1 Å². The maximum Gasteiger partial charge on any atom is 0.416 e. The highest BCUT2D eigenvalue weighted by molar-refractivity contribution is 9.10. The number of anilines is 1. The third kappa shape index (κ3) is 4.99. The molecular formula is C16H13BrF3NO2. The molecule has 0 unspecified atom stereocenters. The Balaban J connectivity index is 1.97. The molecular weight excluding hydrogens is 375 g/mol. The number of carbonyl (C=O) groups is 1. The van der Waals surface area contributed by atoms with Crippen molar-refractivity contribution in [3.05, 3.63) is 58.1 Å². The Hall–Kier alpha value is -2.02. The van der Waals surface area contributed by atoms with E-state index >= 15 is 0 Å². The maximum atomic E-state index is 12.6. The van der Waals surface area contributed by atoms with E-state index in [1.165, 1.54) is 12.1 Å². The highest BCUT2D eigenvalue weighted by Crippen LogP contribution is 2.30. The van der Waals surface area contributed by atoms with Gasteiger partial charge in [0.05, 0.1) is 10.0 Å². The zero-order valence-corrected chi connectivity index (χ0v) is 13.7. The quantitative estimate of drug-likeness (QED) is 0.818. The summed E-state index contributed by atoms with van der Waals surface area (Å²) >= 11 is 3.31. The van der Waals surface area contributed by atoms with E-state index < -0.39 is 17.6 Å². The van der Waals surface area contributed by atoms with Gasteiger partial charge in [-0.3, -0.25) is 4.79 Å². The van der Waals surface area contributed by atoms with Gasteiger partial charge in [-0.2, -0.15) is 13.2 Å². The van der Waals surface area contributed by atoms with Crippen molar-refractivity contribution >= 4 is 27.5 Å². The first-order chi connectivity index (χ1) is 10.8. The van der Waals surface area contributed by atoms with Crippen LogP contribution in [0.3, 0.4) is 0 Å². The van der Waals surface area contributed by atoms with Crippen LogP contribution in [0.25, 0.3) is 0 Å². The van der Waals surface area contributed by atoms with E-state index in [2.05, 4.69) is 21.2 Å². The smallest absolute Gasteiger partial charge is 0.416 e. The number of hydrogen-bond acceptors (Lipinski definition) is 2. The summed E-state index contributed by atoms with van der Waals surface area (Å²) in [5.74, 6) is -0.0633. The predicted molar refractivity (Wildman–Crippen MR) is 84.4 cm³/mol. The van der Waals surface area contributed by atoms with Crippen LogP contribution in [0.5, 0.6) is 5.75 Å². The zero-order valence-electron chi connectivity index (χ0n) is 12.1. The number of aryl methyl sites for hydroxylation is 1. The second-order valence-electron chi connectivity index (χ2n) is 4.85. The van der Waals surface area contributed by atoms with E-state index in [-0.39, 0.29) is 12.3 Å². The fourth-order valence-corrected chi connectivity index (χ4v) is 2.44. The number of amides is 1. The molecule has 23 heavy (non-hydrogen) atoms. The van der Waals surface area contributed by atoms with Crippen LogP contribution in [-0.2, 0) is 11.0 Å². The van der Waals surface area contributed by atoms with Crippen LogP contribution in [0.4, 0.5) is 18.9 Å². The molecule has 1 N–H and O–H groups in total. The van der Waals surface area contributed by atoms with E-state index in [0.29, 0.717) is 10.2 Å². The molecule has 2 aromatic carbocycles. The van der Waals surface area contributed by atoms with Crippen molar-refractivity contribution in [3.63, 3.8) is 0 Å². The van der Waals surface area contributed by atoms with Gasteiger partial charge in [0.25, 0.3) is 5.91 Å². The summed E-state index contributed by atoms with van der Waals surface area (Å²) < 4.78 is 43.9. The van der Waals surface area contributed by atoms with Gasteiger partial charge in [0.1, 0.15) is 5.75 Å². The molecule has 0 spiro atoms. The van der Waals surface area contributed by atoms with Gasteiger partial charge in [0.2, 0.25) is 0 Å². The molecule has 0 fully saturated rings. The van der Waals surface area contributed by atoms with Crippen molar-refractivity contribution in [2.24, 2.45) is 0 Å². The monoisotopic (exact) mass is 387 g/mol. The molecule has 122 valence electrons. The van der Waals surface area contributed by atoms with Crippen molar-refractivity contribution in [2.45, 2.75) is 13.1 Å². The third-order valence-electron chi connectivity index (χ3n) is 2.92. The van der Waals surface area contributed by atoms with Gasteiger partial charge in [-0.15, -0.1) is 0 Å². The van der Waals surface area contributed by atoms with Gasteiger partial charge in [-0.05, 0) is 58.7 Å². The Labute approximate surface area is 139 Å². The molecule has 3 nitrogen and oxygen atoms in total. The average molecular weight is 388 g/mol. The molecule has 0 aliphatic rings. The number of alkyl halides is 3. The molecule has 1 amide bonds. The topological polar surface area (TPSA) is 38.3 Å². The Morgan fingerprint density at radius 1 is 1.22 bits per heavy atom. The molecule has 0 saturated heterocycles. The first kappa shape index (κ1) is 17.3. The van der Waals surface area contributed by atoms with E-state index in [1.54, 1.807) is 6.07 Å². The summed E-state index contributed by atoms with van der Waals surface area (Å²) in [5.41, 5.74) is 0.270. The predicted octanol–water partition coefficient (Wildman–Crippen LogP) is 4.79. The van der Waals surface area contributed by atoms with Gasteiger partial charge in [0.15, 0.2) is 6.61 Å². The summed E-state index contributed by atoms with van der Waals surface area (Å²) in [5, 5.41) is 2.38. The first-order valence-electron chi connectivity index (χ1n) is 6.62. The van der Waals surface area contributed by atoms with Crippen LogP contribution in [0.15, 0.2) is 46.9 Å². The van der Waals surface area contributed by atoms with Crippen LogP contribution in [-0.4, -0.2) is 12.5 Å². The summed E-state index contributed by atoms with van der Waals surface area (Å²) in [6.07, 6.45) is -4.45. The van der Waals surface area contributed by atoms with Crippen molar-refractivity contribution < 1.29 is 22.7 Å². The lowest BCUT2D eigenvalue weighted by atomic mass is 10.2. The van der Waals surface area contributed by atoms with E-state index in [9.17, 15) is 18.0 Å². The number of nitrogens with one attached hydrogen (secondary N) is 1. The second kappa shape index (κ2) is 7.04. The maximum absolute atomic E-state index is 12.6. The van der Waals surface area contributed by atoms with E-state index in [4.69, 9.17) is 4.74 Å². The van der Waals surface area contributed by atoms with Crippen molar-refractivity contribution in [3.8, 4) is 5.75 Å². The molecule has 0 bridgehead atoms. The summed E-state index contributed by atoms with van der Waals surface area (Å²) in [7, 11) is 0. The molecule has 0 aliphatic heterocycles. The highest BCUT2D eigenvalue weighted by Gasteiger charge is 2.30. The lowest BCUT2D eigenvalue weighted by Gasteiger charge is -2.11. The molecule has 2 rings (SSSR count). The number of ether oxygens (including phenoxy) is 1. The van der Waals surface area contributed by atoms with Crippen LogP contribution in [0, 0.1) is 6.92 Å². The molecule has 0 saturated carbocycles. The summed E-state index contributed by atoms with van der Waals surface area (Å²) in [6.45, 7) is 1.60. The van der Waals surface area contributed by atoms with Gasteiger partial charge in [0, 0.05) is 5.69 Å². The number of rotatable bonds is 4. The number of carbonyl (C=O) groups excluding carboxylic acids is 1. The Bertz CT molecular complexity index is 717. The van der Waals surface area contributed by atoms with E-state index in [0.717, 1.165) is 17.7 Å². The highest BCUT2D eigenvalue weighted by atomic mass is 79.9. The van der Waals surface area contributed by atoms with Crippen LogP contribution < -0.4 is 10.1 Å². The molecule has 0 radical (unpaired) electrons. The van der Waals surface area contributed by atoms with Crippen molar-refractivity contribution in [1.29, 1.82) is 0 Å². The fraction of sp³-hybridized carbons (Fsp3) is 0.188. The normalized spacial score (nSPS) is 11.2. The minimum Gasteiger partial charge on any atom is -0.483 e. The standard InChI is InChI=1S/C16H13BrF3NO2/c1-10-5-6-14(13(17)7-10)23-9-15(22)21-12-4-2-3-11(8-12)16(18,19)20/h2-8H,9H2,1H3,(H,21,22). The first-order valence-corrected chi connectivity index (χ1v) is 7.41. The minimum atomic E-state index is -4.45. The lowest BCUT2D eigenvalue weighted by molar-refractivity contribution is -0.137. The Morgan fingerprint density at radius 3 is 2.61 bits per heavy atom. The number of benzene rings is 2. The third-order valence-corrected chi connectivity index (χ3v) is 3.54. The minimum absolute atomic E-state index is 0.0661. The summed E-state index contributed by atoms with van der Waals surface area (Å²) in [4.78, 5) is 11.8. The van der Waals surface area contributed by atoms with Crippen molar-refractivity contribution in [2.75, 3.05) is 11.9 Å². The second-order valence-corrected chi connectivity index (χ2v) is 5.70. The molecule has 0 aliphatic carbocycles. The zero-order chi connectivity index (χ0) is 17.0. The van der Waals surface area contributed by atoms with Crippen LogP contribution in [0.2, 0.25) is 0 Å². The lowest BCUT2D eigenvalue weighted by Crippen LogP contribution is -2.20. The molecule has 0 atom stereocenters. The fourth-order valence-electron chi connectivity index (χ4n) is 1.84. The van der Waals surface area contributed by atoms with Gasteiger partial charge >= 0.3 is 6.18 Å². The van der Waals surface area contributed by atoms with Crippen molar-refractivity contribution in [1.82, 2.24) is 0 Å². The molecule has 7 heteroatoms. The molecule has 2 aromatic rings. The van der Waals surface area contributed by atoms with Gasteiger partial charge in [-0.1, -0.05) is 12.1 Å². The van der Waals surface area contributed by atoms with Gasteiger partial charge in [-0.25, -0.2) is 0 Å². The molecule has 0 aromatic heterocycles. The average Bonchev–Trinajstić information content (AvgIpc) is 2.45. The molecule has 0 heterocycles. The van der Waals surface area contributed by atoms with Gasteiger partial charge < -0.3 is 10.1 Å². The largest absolute Gasteiger partial charge is 0.483 e. The number of hydrogen-bond donors (Lipinski definition) is 1. The SMILES string of the molecule is Cc1ccc(OCC(=O)Nc2cccc(C(F)(F)F)c2)c(Br)c1. The Kier molecular flexibility index (Phi) is 5.30. The van der Waals surface area contributed by atoms with Crippen LogP contribution in [0.1, 0.15) is 11.1 Å². The summed E-state index contributed by atoms with van der Waals surface area (Å²) in [6, 6.07) is 9.79. The number of halogens is 4.